The zero-order valence-electron chi connectivity index (χ0n) is 17.7. The number of carbonyl (C=O) groups is 1. The number of aryl methyl sites for hydroxylation is 2. The van der Waals surface area contributed by atoms with Crippen LogP contribution in [0.5, 0.6) is 5.88 Å². The van der Waals surface area contributed by atoms with E-state index in [0.29, 0.717) is 28.9 Å². The summed E-state index contributed by atoms with van der Waals surface area (Å²) in [6.45, 7) is 4.65. The van der Waals surface area contributed by atoms with E-state index in [2.05, 4.69) is 19.9 Å². The number of rotatable bonds is 4. The maximum Gasteiger partial charge on any atom is 0.256 e. The normalized spacial score (nSPS) is 22.4. The molecule has 7 nitrogen and oxygen atoms in total. The highest BCUT2D eigenvalue weighted by Crippen LogP contribution is 2.38. The Balaban J connectivity index is 1.44. The lowest BCUT2D eigenvalue weighted by Crippen LogP contribution is -2.59. The summed E-state index contributed by atoms with van der Waals surface area (Å²) in [5.41, 5.74) is 2.99. The number of pyridine rings is 2. The van der Waals surface area contributed by atoms with Gasteiger partial charge in [0.25, 0.3) is 5.91 Å². The van der Waals surface area contributed by atoms with Gasteiger partial charge >= 0.3 is 0 Å². The molecule has 1 saturated carbocycles. The number of carbonyl (C=O) groups excluding carboxylic acids is 1. The van der Waals surface area contributed by atoms with E-state index in [0.717, 1.165) is 37.1 Å². The van der Waals surface area contributed by atoms with Crippen LogP contribution in [0.15, 0.2) is 48.9 Å². The smallest absolute Gasteiger partial charge is 0.256 e. The fraction of sp³-hybridized carbons (Fsp3) is 0.375. The van der Waals surface area contributed by atoms with Gasteiger partial charge in [0.2, 0.25) is 5.88 Å². The summed E-state index contributed by atoms with van der Waals surface area (Å²) in [5.74, 6) is 1.48. The average molecular weight is 415 g/mol. The molecule has 5 heterocycles. The van der Waals surface area contributed by atoms with E-state index in [1.165, 1.54) is 0 Å². The first-order valence-electron chi connectivity index (χ1n) is 10.7. The summed E-state index contributed by atoms with van der Waals surface area (Å²) in [7, 11) is 0. The first kappa shape index (κ1) is 19.6. The molecule has 1 amide bonds. The molecule has 7 heteroatoms. The largest absolute Gasteiger partial charge is 0.472 e. The van der Waals surface area contributed by atoms with Crippen LogP contribution < -0.4 is 4.74 Å². The van der Waals surface area contributed by atoms with E-state index in [4.69, 9.17) is 4.74 Å². The second kappa shape index (κ2) is 8.06. The summed E-state index contributed by atoms with van der Waals surface area (Å²) in [6, 6.07) is 9.38. The topological polar surface area (TPSA) is 81.1 Å². The van der Waals surface area contributed by atoms with Crippen LogP contribution in [-0.4, -0.2) is 49.4 Å². The number of hydrogen-bond donors (Lipinski definition) is 0. The van der Waals surface area contributed by atoms with Crippen molar-refractivity contribution in [1.82, 2.24) is 24.8 Å². The van der Waals surface area contributed by atoms with Crippen molar-refractivity contribution in [3.8, 4) is 17.4 Å². The Morgan fingerprint density at radius 3 is 2.65 bits per heavy atom. The summed E-state index contributed by atoms with van der Waals surface area (Å²) in [4.78, 5) is 33.3. The lowest BCUT2D eigenvalue weighted by molar-refractivity contribution is -0.0313. The molecular formula is C24H25N5O2. The van der Waals surface area contributed by atoms with Crippen LogP contribution in [0.3, 0.4) is 0 Å². The highest BCUT2D eigenvalue weighted by atomic mass is 16.5. The van der Waals surface area contributed by atoms with Crippen LogP contribution in [0, 0.1) is 19.8 Å². The van der Waals surface area contributed by atoms with Crippen molar-refractivity contribution in [2.24, 2.45) is 5.92 Å². The SMILES string of the molecule is Cc1ccc(OC2CC3CCC2N(C(=O)c2ccc(C)nc2-c2ncccn2)C3)nc1. The molecule has 3 fully saturated rings. The lowest BCUT2D eigenvalue weighted by atomic mass is 9.77. The monoisotopic (exact) mass is 415 g/mol. The van der Waals surface area contributed by atoms with Gasteiger partial charge < -0.3 is 9.64 Å². The second-order valence-electron chi connectivity index (χ2n) is 8.46. The Morgan fingerprint density at radius 1 is 1.06 bits per heavy atom. The van der Waals surface area contributed by atoms with Crippen LogP contribution in [0.1, 0.15) is 40.9 Å². The molecule has 0 N–H and O–H groups in total. The van der Waals surface area contributed by atoms with Gasteiger partial charge in [0.1, 0.15) is 11.8 Å². The van der Waals surface area contributed by atoms with E-state index in [9.17, 15) is 4.79 Å². The summed E-state index contributed by atoms with van der Waals surface area (Å²) >= 11 is 0. The van der Waals surface area contributed by atoms with E-state index in [-0.39, 0.29) is 18.1 Å². The number of aromatic nitrogens is 4. The lowest BCUT2D eigenvalue weighted by Gasteiger charge is -2.49. The highest BCUT2D eigenvalue weighted by Gasteiger charge is 2.45. The molecule has 3 unspecified atom stereocenters. The van der Waals surface area contributed by atoms with Crippen molar-refractivity contribution in [2.75, 3.05) is 6.54 Å². The standard InChI is InChI=1S/C24H25N5O2/c1-15-4-9-21(27-13-15)31-20-12-17-6-8-19(20)29(14-17)24(30)18-7-5-16(2)28-22(18)23-25-10-3-11-26-23/h3-5,7,9-11,13,17,19-20H,6,8,12,14H2,1-2H3. The molecule has 3 atom stereocenters. The molecule has 3 aromatic rings. The maximum absolute atomic E-state index is 13.7. The average Bonchev–Trinajstić information content (AvgIpc) is 2.81. The van der Waals surface area contributed by atoms with Crippen LogP contribution >= 0.6 is 0 Å². The zero-order valence-corrected chi connectivity index (χ0v) is 17.7. The summed E-state index contributed by atoms with van der Waals surface area (Å²) in [5, 5.41) is 0. The molecule has 2 aliphatic heterocycles. The fourth-order valence-corrected chi connectivity index (χ4v) is 4.65. The molecule has 0 spiro atoms. The minimum Gasteiger partial charge on any atom is -0.472 e. The van der Waals surface area contributed by atoms with Crippen LogP contribution in [0.4, 0.5) is 0 Å². The van der Waals surface area contributed by atoms with Gasteiger partial charge in [-0.1, -0.05) is 6.07 Å². The molecule has 2 bridgehead atoms. The molecular weight excluding hydrogens is 390 g/mol. The van der Waals surface area contributed by atoms with Crippen molar-refractivity contribution >= 4 is 5.91 Å². The Kier molecular flexibility index (Phi) is 5.10. The number of fused-ring (bicyclic) bond motifs is 3. The minimum absolute atomic E-state index is 0.0199. The Labute approximate surface area is 181 Å². The Hall–Kier alpha value is -3.35. The van der Waals surface area contributed by atoms with E-state index in [1.807, 2.05) is 49.2 Å². The van der Waals surface area contributed by atoms with E-state index < -0.39 is 0 Å². The van der Waals surface area contributed by atoms with Crippen molar-refractivity contribution in [2.45, 2.75) is 45.3 Å². The first-order valence-corrected chi connectivity index (χ1v) is 10.7. The van der Waals surface area contributed by atoms with Gasteiger partial charge in [-0.3, -0.25) is 4.79 Å². The molecule has 1 aliphatic carbocycles. The molecule has 0 radical (unpaired) electrons. The Morgan fingerprint density at radius 2 is 1.90 bits per heavy atom. The number of nitrogens with zero attached hydrogens (tertiary/aromatic N) is 5. The first-order chi connectivity index (χ1) is 15.1. The van der Waals surface area contributed by atoms with Gasteiger partial charge in [-0.05, 0) is 62.8 Å². The van der Waals surface area contributed by atoms with Crippen LogP contribution in [0.2, 0.25) is 0 Å². The van der Waals surface area contributed by atoms with Gasteiger partial charge in [0, 0.05) is 36.9 Å². The van der Waals surface area contributed by atoms with Gasteiger partial charge in [-0.2, -0.15) is 0 Å². The molecule has 3 aromatic heterocycles. The van der Waals surface area contributed by atoms with Crippen molar-refractivity contribution in [3.63, 3.8) is 0 Å². The third-order valence-electron chi connectivity index (χ3n) is 6.18. The summed E-state index contributed by atoms with van der Waals surface area (Å²) in [6.07, 6.45) is 8.10. The molecule has 31 heavy (non-hydrogen) atoms. The molecule has 3 aliphatic rings. The zero-order chi connectivity index (χ0) is 21.4. The number of ether oxygens (including phenoxy) is 1. The van der Waals surface area contributed by atoms with Gasteiger partial charge in [0.15, 0.2) is 5.82 Å². The molecule has 6 rings (SSSR count). The van der Waals surface area contributed by atoms with Crippen molar-refractivity contribution < 1.29 is 9.53 Å². The van der Waals surface area contributed by atoms with Gasteiger partial charge in [-0.15, -0.1) is 0 Å². The third-order valence-corrected chi connectivity index (χ3v) is 6.18. The highest BCUT2D eigenvalue weighted by molar-refractivity contribution is 5.99. The maximum atomic E-state index is 13.7. The molecule has 2 saturated heterocycles. The fourth-order valence-electron chi connectivity index (χ4n) is 4.65. The van der Waals surface area contributed by atoms with Crippen LogP contribution in [0.25, 0.3) is 11.5 Å². The predicted molar refractivity (Wildman–Crippen MR) is 116 cm³/mol. The summed E-state index contributed by atoms with van der Waals surface area (Å²) < 4.78 is 6.25. The number of hydrogen-bond acceptors (Lipinski definition) is 6. The third kappa shape index (κ3) is 3.87. The quantitative estimate of drug-likeness (QED) is 0.647. The van der Waals surface area contributed by atoms with Crippen LogP contribution in [-0.2, 0) is 0 Å². The predicted octanol–water partition coefficient (Wildman–Crippen LogP) is 3.62. The molecule has 158 valence electrons. The minimum atomic E-state index is -0.0542. The second-order valence-corrected chi connectivity index (χ2v) is 8.46. The van der Waals surface area contributed by atoms with E-state index >= 15 is 0 Å². The van der Waals surface area contributed by atoms with Crippen molar-refractivity contribution in [1.29, 1.82) is 0 Å². The number of amides is 1. The molecule has 0 aromatic carbocycles. The Bertz CT molecular complexity index is 1090. The number of piperidine rings is 2. The van der Waals surface area contributed by atoms with Gasteiger partial charge in [0.05, 0.1) is 11.6 Å². The van der Waals surface area contributed by atoms with Gasteiger partial charge in [-0.25, -0.2) is 19.9 Å². The van der Waals surface area contributed by atoms with E-state index in [1.54, 1.807) is 18.5 Å². The van der Waals surface area contributed by atoms with Crippen molar-refractivity contribution in [3.05, 3.63) is 65.7 Å².